The van der Waals surface area contributed by atoms with Crippen molar-refractivity contribution in [1.82, 2.24) is 0 Å². The predicted molar refractivity (Wildman–Crippen MR) is 195 cm³/mol. The van der Waals surface area contributed by atoms with Crippen molar-refractivity contribution in [2.24, 2.45) is 0 Å². The molecule has 0 aliphatic heterocycles. The second kappa shape index (κ2) is 9.19. The summed E-state index contributed by atoms with van der Waals surface area (Å²) in [6.45, 7) is 4.73. The molecule has 0 fully saturated rings. The van der Waals surface area contributed by atoms with Crippen molar-refractivity contribution in [1.29, 1.82) is 0 Å². The minimum absolute atomic E-state index is 0.0590. The van der Waals surface area contributed by atoms with Gasteiger partial charge in [-0.15, -0.1) is 0 Å². The number of rotatable bonds is 2. The van der Waals surface area contributed by atoms with Crippen molar-refractivity contribution in [2.45, 2.75) is 19.3 Å². The van der Waals surface area contributed by atoms with Gasteiger partial charge in [-0.2, -0.15) is 0 Å². The van der Waals surface area contributed by atoms with E-state index in [-0.39, 0.29) is 5.41 Å². The fourth-order valence-electron chi connectivity index (χ4n) is 8.31. The largest absolute Gasteiger partial charge is 0.456 e. The molecule has 1 heterocycles. The van der Waals surface area contributed by atoms with Crippen LogP contribution in [0.2, 0.25) is 0 Å². The van der Waals surface area contributed by atoms with Crippen molar-refractivity contribution in [2.75, 3.05) is 0 Å². The van der Waals surface area contributed by atoms with Gasteiger partial charge in [0.05, 0.1) is 0 Å². The number of hydrogen-bond acceptors (Lipinski definition) is 1. The second-order valence-electron chi connectivity index (χ2n) is 13.2. The minimum atomic E-state index is -0.0590. The summed E-state index contributed by atoms with van der Waals surface area (Å²) in [5.74, 6) is 0. The second-order valence-corrected chi connectivity index (χ2v) is 13.2. The molecule has 1 aliphatic carbocycles. The van der Waals surface area contributed by atoms with Crippen LogP contribution in [0.3, 0.4) is 0 Å². The quantitative estimate of drug-likeness (QED) is 0.184. The molecule has 0 spiro atoms. The summed E-state index contributed by atoms with van der Waals surface area (Å²) < 4.78 is 6.35. The predicted octanol–water partition coefficient (Wildman–Crippen LogP) is 12.7. The monoisotopic (exact) mass is 586 g/mol. The summed E-state index contributed by atoms with van der Waals surface area (Å²) >= 11 is 0. The van der Waals surface area contributed by atoms with Crippen molar-refractivity contribution in [3.63, 3.8) is 0 Å². The van der Waals surface area contributed by atoms with Crippen LogP contribution in [-0.2, 0) is 5.41 Å². The van der Waals surface area contributed by atoms with Gasteiger partial charge in [0, 0.05) is 16.2 Å². The van der Waals surface area contributed by atoms with Crippen LogP contribution in [0.4, 0.5) is 0 Å². The maximum absolute atomic E-state index is 6.35. The number of fused-ring (bicyclic) bond motifs is 10. The van der Waals surface area contributed by atoms with E-state index in [1.807, 2.05) is 12.1 Å². The molecule has 0 amide bonds. The number of hydrogen-bond donors (Lipinski definition) is 0. The fourth-order valence-corrected chi connectivity index (χ4v) is 8.31. The molecule has 1 heteroatoms. The summed E-state index contributed by atoms with van der Waals surface area (Å²) in [6.07, 6.45) is 0. The van der Waals surface area contributed by atoms with Crippen LogP contribution in [0.1, 0.15) is 25.0 Å². The van der Waals surface area contributed by atoms with E-state index in [0.29, 0.717) is 0 Å². The molecule has 0 unspecified atom stereocenters. The first-order valence-corrected chi connectivity index (χ1v) is 16.1. The average molecular weight is 587 g/mol. The molecule has 1 aromatic heterocycles. The Hall–Kier alpha value is -5.66. The zero-order valence-corrected chi connectivity index (χ0v) is 25.8. The van der Waals surface area contributed by atoms with Gasteiger partial charge in [0.2, 0.25) is 0 Å². The van der Waals surface area contributed by atoms with Crippen LogP contribution in [0.15, 0.2) is 150 Å². The zero-order valence-electron chi connectivity index (χ0n) is 25.8. The van der Waals surface area contributed by atoms with Crippen molar-refractivity contribution < 1.29 is 4.42 Å². The Morgan fingerprint density at radius 3 is 1.61 bits per heavy atom. The highest BCUT2D eigenvalue weighted by Crippen LogP contribution is 2.53. The van der Waals surface area contributed by atoms with Crippen molar-refractivity contribution >= 4 is 54.3 Å². The van der Waals surface area contributed by atoms with Crippen LogP contribution in [0, 0.1) is 0 Å². The summed E-state index contributed by atoms with van der Waals surface area (Å²) in [6, 6.07) is 53.5. The van der Waals surface area contributed by atoms with Gasteiger partial charge < -0.3 is 4.42 Å². The van der Waals surface area contributed by atoms with Crippen molar-refractivity contribution in [3.05, 3.63) is 157 Å². The van der Waals surface area contributed by atoms with Crippen LogP contribution in [0.5, 0.6) is 0 Å². The molecule has 0 saturated carbocycles. The highest BCUT2D eigenvalue weighted by molar-refractivity contribution is 6.22. The summed E-state index contributed by atoms with van der Waals surface area (Å²) in [5.41, 5.74) is 12.3. The van der Waals surface area contributed by atoms with E-state index >= 15 is 0 Å². The highest BCUT2D eigenvalue weighted by Gasteiger charge is 2.36. The Bertz CT molecular complexity index is 2660. The Balaban J connectivity index is 1.26. The van der Waals surface area contributed by atoms with Crippen LogP contribution >= 0.6 is 0 Å². The lowest BCUT2D eigenvalue weighted by Gasteiger charge is -2.22. The molecule has 1 aliphatic rings. The Morgan fingerprint density at radius 2 is 0.913 bits per heavy atom. The smallest absolute Gasteiger partial charge is 0.136 e. The van der Waals surface area contributed by atoms with Gasteiger partial charge in [-0.3, -0.25) is 0 Å². The first kappa shape index (κ1) is 25.6. The third kappa shape index (κ3) is 3.40. The Kier molecular flexibility index (Phi) is 5.12. The molecule has 8 aromatic carbocycles. The lowest BCUT2D eigenvalue weighted by molar-refractivity contribution is 0.661. The first-order valence-electron chi connectivity index (χ1n) is 16.1. The van der Waals surface area contributed by atoms with Gasteiger partial charge in [-0.05, 0) is 101 Å². The van der Waals surface area contributed by atoms with Gasteiger partial charge >= 0.3 is 0 Å². The van der Waals surface area contributed by atoms with E-state index in [1.54, 1.807) is 0 Å². The van der Waals surface area contributed by atoms with Crippen LogP contribution < -0.4 is 0 Å². The molecule has 9 aromatic rings. The molecule has 46 heavy (non-hydrogen) atoms. The molecular weight excluding hydrogens is 556 g/mol. The molecule has 0 saturated heterocycles. The lowest BCUT2D eigenvalue weighted by atomic mass is 9.81. The number of benzene rings is 8. The van der Waals surface area contributed by atoms with E-state index < -0.39 is 0 Å². The summed E-state index contributed by atoms with van der Waals surface area (Å²) in [4.78, 5) is 0. The SMILES string of the molecule is CC1(C)c2ccc(-c3c4ccccc4c(-c4ccc5c(c4)oc4ccccc45)c4ccccc34)cc2-c2c1ccc1ccccc21. The summed E-state index contributed by atoms with van der Waals surface area (Å²) in [5, 5.41) is 9.94. The molecule has 216 valence electrons. The Labute approximate surface area is 267 Å². The third-order valence-electron chi connectivity index (χ3n) is 10.5. The van der Waals surface area contributed by atoms with E-state index in [0.717, 1.165) is 21.9 Å². The van der Waals surface area contributed by atoms with Crippen LogP contribution in [0.25, 0.3) is 87.6 Å². The first-order chi connectivity index (χ1) is 22.6. The van der Waals surface area contributed by atoms with Gasteiger partial charge in [0.1, 0.15) is 11.2 Å². The molecule has 0 atom stereocenters. The van der Waals surface area contributed by atoms with Gasteiger partial charge in [0.25, 0.3) is 0 Å². The van der Waals surface area contributed by atoms with E-state index in [1.165, 1.54) is 76.8 Å². The van der Waals surface area contributed by atoms with Gasteiger partial charge in [-0.1, -0.05) is 135 Å². The maximum Gasteiger partial charge on any atom is 0.136 e. The molecule has 0 N–H and O–H groups in total. The van der Waals surface area contributed by atoms with E-state index in [9.17, 15) is 0 Å². The molecule has 10 rings (SSSR count). The topological polar surface area (TPSA) is 13.1 Å². The standard InChI is InChI=1S/C45H30O/c1-45(2)38-23-21-28(25-37(38)44-30-12-4-3-11-27(30)20-24-39(44)45)42-33-14-5-7-16-35(33)43(36-17-8-6-15-34(36)42)29-19-22-32-31-13-9-10-18-40(31)46-41(32)26-29/h3-26H,1-2H3. The molecule has 0 bridgehead atoms. The third-order valence-corrected chi connectivity index (χ3v) is 10.5. The van der Waals surface area contributed by atoms with Crippen molar-refractivity contribution in [3.8, 4) is 33.4 Å². The summed E-state index contributed by atoms with van der Waals surface area (Å²) in [7, 11) is 0. The number of para-hydroxylation sites is 1. The molecule has 1 nitrogen and oxygen atoms in total. The maximum atomic E-state index is 6.35. The van der Waals surface area contributed by atoms with Crippen LogP contribution in [-0.4, -0.2) is 0 Å². The molecule has 0 radical (unpaired) electrons. The average Bonchev–Trinajstić information content (AvgIpc) is 3.58. The molecular formula is C45H30O. The minimum Gasteiger partial charge on any atom is -0.456 e. The van der Waals surface area contributed by atoms with Gasteiger partial charge in [-0.25, -0.2) is 0 Å². The Morgan fingerprint density at radius 1 is 0.391 bits per heavy atom. The van der Waals surface area contributed by atoms with E-state index in [4.69, 9.17) is 4.42 Å². The highest BCUT2D eigenvalue weighted by atomic mass is 16.3. The van der Waals surface area contributed by atoms with Gasteiger partial charge in [0.15, 0.2) is 0 Å². The van der Waals surface area contributed by atoms with E-state index in [2.05, 4.69) is 147 Å². The lowest BCUT2D eigenvalue weighted by Crippen LogP contribution is -2.14. The fraction of sp³-hybridized carbons (Fsp3) is 0.0667. The number of furan rings is 1. The zero-order chi connectivity index (χ0) is 30.6. The normalized spacial score (nSPS) is 13.6.